The third-order valence-corrected chi connectivity index (χ3v) is 5.61. The van der Waals surface area contributed by atoms with E-state index in [1.165, 1.54) is 18.2 Å². The fourth-order valence-electron chi connectivity index (χ4n) is 3.69. The monoisotopic (exact) mass is 462 g/mol. The summed E-state index contributed by atoms with van der Waals surface area (Å²) in [5.41, 5.74) is -3.86. The molecule has 0 unspecified atom stereocenters. The number of carbonyl (C=O) groups is 1. The summed E-state index contributed by atoms with van der Waals surface area (Å²) in [6, 6.07) is 9.30. The van der Waals surface area contributed by atoms with Crippen LogP contribution in [0.4, 0.5) is 33.3 Å². The molecule has 0 radical (unpaired) electrons. The molecule has 33 heavy (non-hydrogen) atoms. The zero-order chi connectivity index (χ0) is 24.2. The number of amides is 1. The molecule has 0 spiro atoms. The maximum absolute atomic E-state index is 14.6. The van der Waals surface area contributed by atoms with Gasteiger partial charge in [-0.3, -0.25) is 4.79 Å². The number of rotatable bonds is 7. The average Bonchev–Trinajstić information content (AvgIpc) is 2.72. The number of carbonyl (C=O) groups excluding carboxylic acids is 1. The largest absolute Gasteiger partial charge is 0.420 e. The van der Waals surface area contributed by atoms with Crippen LogP contribution >= 0.6 is 0 Å². The number of anilines is 2. The van der Waals surface area contributed by atoms with E-state index in [0.717, 1.165) is 12.1 Å². The Bertz CT molecular complexity index is 1140. The molecule has 0 heterocycles. The minimum atomic E-state index is -5.12. The lowest BCUT2D eigenvalue weighted by molar-refractivity contribution is -0.140. The van der Waals surface area contributed by atoms with Gasteiger partial charge in [-0.15, -0.1) is 0 Å². The Morgan fingerprint density at radius 3 is 2.39 bits per heavy atom. The molecule has 0 atom stereocenters. The van der Waals surface area contributed by atoms with Crippen LogP contribution in [0.25, 0.3) is 0 Å². The van der Waals surface area contributed by atoms with Crippen molar-refractivity contribution in [1.82, 2.24) is 0 Å². The summed E-state index contributed by atoms with van der Waals surface area (Å²) in [5.74, 6) is -3.01. The minimum absolute atomic E-state index is 0.294. The quantitative estimate of drug-likeness (QED) is 0.410. The van der Waals surface area contributed by atoms with Crippen molar-refractivity contribution in [3.05, 3.63) is 58.7 Å². The smallest absolute Gasteiger partial charge is 0.371 e. The fourth-order valence-corrected chi connectivity index (χ4v) is 3.69. The van der Waals surface area contributed by atoms with Gasteiger partial charge in [-0.05, 0) is 61.9 Å². The number of halogens is 5. The predicted octanol–water partition coefficient (Wildman–Crippen LogP) is 5.67. The first-order valence-electron chi connectivity index (χ1n) is 10.2. The van der Waals surface area contributed by atoms with Crippen molar-refractivity contribution in [2.45, 2.75) is 50.2 Å². The molecule has 0 aliphatic heterocycles. The van der Waals surface area contributed by atoms with Crippen molar-refractivity contribution in [2.24, 2.45) is 0 Å². The second-order valence-electron chi connectivity index (χ2n) is 7.79. The van der Waals surface area contributed by atoms with Gasteiger partial charge in [0.05, 0.1) is 23.4 Å². The molecule has 1 aliphatic rings. The van der Waals surface area contributed by atoms with Crippen molar-refractivity contribution in [1.29, 1.82) is 10.5 Å². The fraction of sp³-hybridized carbons (Fsp3) is 0.348. The van der Waals surface area contributed by atoms with Crippen LogP contribution in [0, 0.1) is 34.3 Å². The van der Waals surface area contributed by atoms with E-state index in [1.807, 2.05) is 6.07 Å². The van der Waals surface area contributed by atoms with Crippen LogP contribution in [-0.4, -0.2) is 11.4 Å². The Labute approximate surface area is 186 Å². The first-order chi connectivity index (χ1) is 15.6. The lowest BCUT2D eigenvalue weighted by atomic mass is 9.75. The van der Waals surface area contributed by atoms with Crippen LogP contribution in [-0.2, 0) is 17.4 Å². The molecule has 2 N–H and O–H groups in total. The molecule has 0 saturated heterocycles. The maximum atomic E-state index is 14.6. The van der Waals surface area contributed by atoms with Gasteiger partial charge >= 0.3 is 6.18 Å². The SMILES string of the molecule is N#CCCCc1ccc(NC2(C(=O)Nc3ccc(C#N)c(C(F)(F)F)c3F)CCC2)cc1F. The number of unbranched alkanes of at least 4 members (excludes halogenated alkanes) is 1. The highest BCUT2D eigenvalue weighted by Crippen LogP contribution is 2.39. The van der Waals surface area contributed by atoms with Gasteiger partial charge in [0, 0.05) is 12.1 Å². The predicted molar refractivity (Wildman–Crippen MR) is 110 cm³/mol. The van der Waals surface area contributed by atoms with Crippen LogP contribution in [0.5, 0.6) is 0 Å². The first-order valence-corrected chi connectivity index (χ1v) is 10.2. The highest BCUT2D eigenvalue weighted by Gasteiger charge is 2.45. The number of nitriles is 2. The van der Waals surface area contributed by atoms with Gasteiger partial charge < -0.3 is 10.6 Å². The van der Waals surface area contributed by atoms with E-state index < -0.39 is 46.1 Å². The summed E-state index contributed by atoms with van der Waals surface area (Å²) in [5, 5.41) is 22.6. The van der Waals surface area contributed by atoms with Gasteiger partial charge in [0.15, 0.2) is 5.82 Å². The van der Waals surface area contributed by atoms with Crippen molar-refractivity contribution in [3.8, 4) is 12.1 Å². The van der Waals surface area contributed by atoms with Gasteiger partial charge in [0.2, 0.25) is 5.91 Å². The van der Waals surface area contributed by atoms with Crippen molar-refractivity contribution >= 4 is 17.3 Å². The number of benzene rings is 2. The number of nitrogens with one attached hydrogen (secondary N) is 2. The molecule has 3 rings (SSSR count). The normalized spacial score (nSPS) is 14.5. The molecular weight excluding hydrogens is 443 g/mol. The molecule has 2 aromatic carbocycles. The molecular formula is C23H19F5N4O. The molecule has 1 aliphatic carbocycles. The summed E-state index contributed by atoms with van der Waals surface area (Å²) in [6.45, 7) is 0. The third kappa shape index (κ3) is 5.06. The number of nitrogens with zero attached hydrogens (tertiary/aromatic N) is 2. The van der Waals surface area contributed by atoms with Gasteiger partial charge in [0.1, 0.15) is 16.9 Å². The molecule has 10 heteroatoms. The van der Waals surface area contributed by atoms with E-state index in [2.05, 4.69) is 10.6 Å². The molecule has 1 saturated carbocycles. The topological polar surface area (TPSA) is 88.7 Å². The lowest BCUT2D eigenvalue weighted by Crippen LogP contribution is -2.55. The van der Waals surface area contributed by atoms with Crippen molar-refractivity contribution < 1.29 is 26.7 Å². The number of hydrogen-bond acceptors (Lipinski definition) is 4. The van der Waals surface area contributed by atoms with Gasteiger partial charge in [-0.2, -0.15) is 23.7 Å². The van der Waals surface area contributed by atoms with E-state index in [9.17, 15) is 26.7 Å². The molecule has 0 bridgehead atoms. The van der Waals surface area contributed by atoms with Crippen LogP contribution in [0.3, 0.4) is 0 Å². The molecule has 172 valence electrons. The van der Waals surface area contributed by atoms with Crippen LogP contribution < -0.4 is 10.6 Å². The Morgan fingerprint density at radius 1 is 1.12 bits per heavy atom. The number of alkyl halides is 3. The maximum Gasteiger partial charge on any atom is 0.420 e. The summed E-state index contributed by atoms with van der Waals surface area (Å²) >= 11 is 0. The minimum Gasteiger partial charge on any atom is -0.371 e. The summed E-state index contributed by atoms with van der Waals surface area (Å²) in [7, 11) is 0. The Balaban J connectivity index is 1.80. The zero-order valence-corrected chi connectivity index (χ0v) is 17.3. The van der Waals surface area contributed by atoms with E-state index in [-0.39, 0.29) is 0 Å². The standard InChI is InChI=1S/C23H19F5N4O/c24-17-12-16(7-5-14(17)4-1-2-11-29)32-22(9-3-10-22)21(33)31-18-8-6-15(13-30)19(20(18)25)23(26,27)28/h5-8,12,32H,1-4,9-10H2,(H,31,33). The van der Waals surface area contributed by atoms with Gasteiger partial charge in [0.25, 0.3) is 0 Å². The Kier molecular flexibility index (Phi) is 6.87. The highest BCUT2D eigenvalue weighted by atomic mass is 19.4. The summed E-state index contributed by atoms with van der Waals surface area (Å²) < 4.78 is 68.6. The van der Waals surface area contributed by atoms with E-state index >= 15 is 0 Å². The Morgan fingerprint density at radius 2 is 1.85 bits per heavy atom. The van der Waals surface area contributed by atoms with Gasteiger partial charge in [-0.25, -0.2) is 8.78 Å². The van der Waals surface area contributed by atoms with Crippen LogP contribution in [0.2, 0.25) is 0 Å². The van der Waals surface area contributed by atoms with E-state index in [4.69, 9.17) is 10.5 Å². The molecule has 1 amide bonds. The second kappa shape index (κ2) is 9.45. The van der Waals surface area contributed by atoms with Crippen LogP contribution in [0.1, 0.15) is 48.8 Å². The summed E-state index contributed by atoms with van der Waals surface area (Å²) in [6.07, 6.45) is -2.67. The molecule has 2 aromatic rings. The molecule has 1 fully saturated rings. The second-order valence-corrected chi connectivity index (χ2v) is 7.79. The number of hydrogen-bond donors (Lipinski definition) is 2. The van der Waals surface area contributed by atoms with Gasteiger partial charge in [-0.1, -0.05) is 6.07 Å². The van der Waals surface area contributed by atoms with Crippen molar-refractivity contribution in [3.63, 3.8) is 0 Å². The zero-order valence-electron chi connectivity index (χ0n) is 17.3. The summed E-state index contributed by atoms with van der Waals surface area (Å²) in [4.78, 5) is 12.9. The molecule has 5 nitrogen and oxygen atoms in total. The average molecular weight is 462 g/mol. The Hall–Kier alpha value is -3.66. The van der Waals surface area contributed by atoms with Crippen LogP contribution in [0.15, 0.2) is 30.3 Å². The van der Waals surface area contributed by atoms with Crippen molar-refractivity contribution in [2.75, 3.05) is 10.6 Å². The lowest BCUT2D eigenvalue weighted by Gasteiger charge is -2.41. The van der Waals surface area contributed by atoms with E-state index in [0.29, 0.717) is 49.8 Å². The first kappa shape index (κ1) is 24.0. The molecule has 0 aromatic heterocycles. The highest BCUT2D eigenvalue weighted by molar-refractivity contribution is 6.01. The van der Waals surface area contributed by atoms with E-state index in [1.54, 1.807) is 6.07 Å². The number of aryl methyl sites for hydroxylation is 1. The third-order valence-electron chi connectivity index (χ3n) is 5.61.